The van der Waals surface area contributed by atoms with Gasteiger partial charge in [0.2, 0.25) is 26.0 Å². The molecule has 1 fully saturated rings. The summed E-state index contributed by atoms with van der Waals surface area (Å²) in [6.07, 6.45) is 2.58. The third kappa shape index (κ3) is 5.26. The fraction of sp³-hybridized carbons (Fsp3) is 0.562. The highest BCUT2D eigenvalue weighted by atomic mass is 32.2. The molecule has 0 saturated carbocycles. The molecule has 0 aliphatic carbocycles. The first-order valence-electron chi connectivity index (χ1n) is 8.54. The van der Waals surface area contributed by atoms with E-state index >= 15 is 0 Å². The molecule has 1 saturated heterocycles. The van der Waals surface area contributed by atoms with Crippen molar-refractivity contribution in [2.45, 2.75) is 50.1 Å². The molecule has 146 valence electrons. The van der Waals surface area contributed by atoms with Crippen LogP contribution in [0.3, 0.4) is 0 Å². The van der Waals surface area contributed by atoms with E-state index in [0.29, 0.717) is 24.9 Å². The molecule has 1 unspecified atom stereocenters. The van der Waals surface area contributed by atoms with Gasteiger partial charge in [0.05, 0.1) is 10.6 Å². The Kier molecular flexibility index (Phi) is 6.78. The monoisotopic (exact) mass is 403 g/mol. The lowest BCUT2D eigenvalue weighted by Crippen LogP contribution is -2.47. The summed E-state index contributed by atoms with van der Waals surface area (Å²) in [5.41, 5.74) is 0.573. The van der Waals surface area contributed by atoms with Crippen molar-refractivity contribution in [3.63, 3.8) is 0 Å². The smallest absolute Gasteiger partial charge is 0.238 e. The van der Waals surface area contributed by atoms with E-state index in [1.165, 1.54) is 16.4 Å². The molecule has 8 nitrogen and oxygen atoms in total. The zero-order valence-electron chi connectivity index (χ0n) is 14.7. The zero-order chi connectivity index (χ0) is 19.4. The molecule has 1 aromatic rings. The van der Waals surface area contributed by atoms with Crippen molar-refractivity contribution in [1.82, 2.24) is 9.62 Å². The van der Waals surface area contributed by atoms with E-state index in [4.69, 9.17) is 5.14 Å². The van der Waals surface area contributed by atoms with Crippen LogP contribution in [0, 0.1) is 0 Å². The first kappa shape index (κ1) is 20.8. The zero-order valence-corrected chi connectivity index (χ0v) is 16.4. The number of nitrogens with zero attached hydrogens (tertiary/aromatic N) is 1. The molecule has 0 aromatic heterocycles. The maximum absolute atomic E-state index is 12.6. The molecule has 1 aliphatic rings. The Labute approximate surface area is 154 Å². The summed E-state index contributed by atoms with van der Waals surface area (Å²) in [5.74, 6) is -0.302. The number of unbranched alkanes of at least 4 members (excludes halogenated alkanes) is 1. The van der Waals surface area contributed by atoms with E-state index in [9.17, 15) is 21.6 Å². The van der Waals surface area contributed by atoms with Gasteiger partial charge in [0, 0.05) is 13.1 Å². The molecular formula is C16H25N3O5S2. The van der Waals surface area contributed by atoms with E-state index in [1.54, 1.807) is 12.1 Å². The van der Waals surface area contributed by atoms with Crippen LogP contribution in [0.25, 0.3) is 0 Å². The number of amides is 1. The van der Waals surface area contributed by atoms with Crippen molar-refractivity contribution < 1.29 is 21.6 Å². The Bertz CT molecular complexity index is 852. The normalized spacial score (nSPS) is 18.5. The molecule has 10 heteroatoms. The summed E-state index contributed by atoms with van der Waals surface area (Å²) in [4.78, 5) is 12.6. The first-order valence-corrected chi connectivity index (χ1v) is 11.7. The van der Waals surface area contributed by atoms with Gasteiger partial charge < -0.3 is 5.32 Å². The van der Waals surface area contributed by atoms with E-state index in [1.807, 2.05) is 6.92 Å². The van der Waals surface area contributed by atoms with Crippen LogP contribution in [0.2, 0.25) is 0 Å². The molecule has 1 aliphatic heterocycles. The van der Waals surface area contributed by atoms with Crippen molar-refractivity contribution in [3.05, 3.63) is 29.8 Å². The summed E-state index contributed by atoms with van der Waals surface area (Å²) in [7, 11) is -7.22. The standard InChI is InChI=1S/C16H25N3O5S2/c1-2-3-8-15(19-9-5-10-25(19,21)22)16(20)18-12-13-6-4-7-14(11-13)26(17,23)24/h4,6-7,11,15H,2-3,5,8-10,12H2,1H3,(H,18,20)(H2,17,23,24). The van der Waals surface area contributed by atoms with Crippen molar-refractivity contribution in [2.24, 2.45) is 5.14 Å². The molecule has 3 N–H and O–H groups in total. The van der Waals surface area contributed by atoms with Crippen molar-refractivity contribution in [2.75, 3.05) is 12.3 Å². The summed E-state index contributed by atoms with van der Waals surface area (Å²) >= 11 is 0. The number of nitrogens with two attached hydrogens (primary N) is 1. The van der Waals surface area contributed by atoms with Gasteiger partial charge in [0.25, 0.3) is 0 Å². The molecule has 0 radical (unpaired) electrons. The number of benzene rings is 1. The van der Waals surface area contributed by atoms with Crippen molar-refractivity contribution in [3.8, 4) is 0 Å². The molecule has 26 heavy (non-hydrogen) atoms. The summed E-state index contributed by atoms with van der Waals surface area (Å²) in [6.45, 7) is 2.43. The van der Waals surface area contributed by atoms with Gasteiger partial charge in [-0.1, -0.05) is 31.9 Å². The van der Waals surface area contributed by atoms with Crippen LogP contribution in [0.5, 0.6) is 0 Å². The average molecular weight is 404 g/mol. The number of sulfonamides is 2. The predicted octanol–water partition coefficient (Wildman–Crippen LogP) is 0.545. The van der Waals surface area contributed by atoms with E-state index in [0.717, 1.165) is 12.8 Å². The van der Waals surface area contributed by atoms with Gasteiger partial charge in [-0.2, -0.15) is 4.31 Å². The van der Waals surface area contributed by atoms with Crippen LogP contribution in [0.15, 0.2) is 29.2 Å². The minimum Gasteiger partial charge on any atom is -0.351 e. The lowest BCUT2D eigenvalue weighted by atomic mass is 10.1. The van der Waals surface area contributed by atoms with E-state index in [2.05, 4.69) is 5.32 Å². The number of hydrogen-bond acceptors (Lipinski definition) is 5. The van der Waals surface area contributed by atoms with Crippen molar-refractivity contribution >= 4 is 26.0 Å². The minimum atomic E-state index is -3.82. The van der Waals surface area contributed by atoms with Gasteiger partial charge in [-0.15, -0.1) is 0 Å². The van der Waals surface area contributed by atoms with Crippen LogP contribution in [-0.2, 0) is 31.4 Å². The number of carbonyl (C=O) groups excluding carboxylic acids is 1. The fourth-order valence-corrected chi connectivity index (χ4v) is 5.26. The quantitative estimate of drug-likeness (QED) is 0.655. The molecule has 0 spiro atoms. The Hall–Kier alpha value is -1.49. The summed E-state index contributed by atoms with van der Waals surface area (Å²) < 4.78 is 48.4. The number of rotatable bonds is 8. The van der Waals surface area contributed by atoms with Crippen LogP contribution < -0.4 is 10.5 Å². The highest BCUT2D eigenvalue weighted by Crippen LogP contribution is 2.21. The van der Waals surface area contributed by atoms with Gasteiger partial charge in [-0.05, 0) is 30.5 Å². The van der Waals surface area contributed by atoms with Gasteiger partial charge in [0.15, 0.2) is 0 Å². The third-order valence-corrected chi connectivity index (χ3v) is 7.18. The summed E-state index contributed by atoms with van der Waals surface area (Å²) in [5, 5.41) is 7.83. The first-order chi connectivity index (χ1) is 12.1. The molecular weight excluding hydrogens is 378 g/mol. The lowest BCUT2D eigenvalue weighted by Gasteiger charge is -2.25. The van der Waals surface area contributed by atoms with Gasteiger partial charge in [-0.3, -0.25) is 4.79 Å². The SMILES string of the molecule is CCCCC(C(=O)NCc1cccc(S(N)(=O)=O)c1)N1CCCS1(=O)=O. The highest BCUT2D eigenvalue weighted by molar-refractivity contribution is 7.89. The van der Waals surface area contributed by atoms with Gasteiger partial charge in [0.1, 0.15) is 6.04 Å². The van der Waals surface area contributed by atoms with Crippen molar-refractivity contribution in [1.29, 1.82) is 0 Å². The number of primary sulfonamides is 1. The Balaban J connectivity index is 2.10. The lowest BCUT2D eigenvalue weighted by molar-refractivity contribution is -0.125. The maximum atomic E-state index is 12.6. The van der Waals surface area contributed by atoms with E-state index < -0.39 is 26.1 Å². The van der Waals surface area contributed by atoms with Crippen LogP contribution in [0.4, 0.5) is 0 Å². The topological polar surface area (TPSA) is 127 Å². The maximum Gasteiger partial charge on any atom is 0.238 e. The molecule has 1 atom stereocenters. The number of nitrogens with one attached hydrogen (secondary N) is 1. The average Bonchev–Trinajstić information content (AvgIpc) is 2.92. The Morgan fingerprint density at radius 1 is 1.38 bits per heavy atom. The third-order valence-electron chi connectivity index (χ3n) is 4.31. The second-order valence-electron chi connectivity index (χ2n) is 6.35. The van der Waals surface area contributed by atoms with Crippen LogP contribution in [0.1, 0.15) is 38.2 Å². The van der Waals surface area contributed by atoms with E-state index in [-0.39, 0.29) is 23.1 Å². The van der Waals surface area contributed by atoms with Crippen LogP contribution in [-0.4, -0.2) is 45.4 Å². The molecule has 1 heterocycles. The Morgan fingerprint density at radius 3 is 2.69 bits per heavy atom. The Morgan fingerprint density at radius 2 is 2.12 bits per heavy atom. The highest BCUT2D eigenvalue weighted by Gasteiger charge is 2.37. The second kappa shape index (κ2) is 8.47. The van der Waals surface area contributed by atoms with Crippen LogP contribution >= 0.6 is 0 Å². The van der Waals surface area contributed by atoms with Gasteiger partial charge >= 0.3 is 0 Å². The molecule has 1 aromatic carbocycles. The molecule has 2 rings (SSSR count). The molecule has 1 amide bonds. The minimum absolute atomic E-state index is 0.0334. The number of carbonyl (C=O) groups is 1. The van der Waals surface area contributed by atoms with Gasteiger partial charge in [-0.25, -0.2) is 22.0 Å². The number of hydrogen-bond donors (Lipinski definition) is 2. The fourth-order valence-electron chi connectivity index (χ4n) is 2.95. The largest absolute Gasteiger partial charge is 0.351 e. The predicted molar refractivity (Wildman–Crippen MR) is 98.1 cm³/mol. The summed E-state index contributed by atoms with van der Waals surface area (Å²) in [6, 6.07) is 5.25. The second-order valence-corrected chi connectivity index (χ2v) is 9.95. The molecule has 0 bridgehead atoms.